The number of hydrogen-bond acceptors (Lipinski definition) is 3. The molecule has 0 N–H and O–H groups in total. The first-order valence-corrected chi connectivity index (χ1v) is 8.30. The van der Waals surface area contributed by atoms with Crippen LogP contribution >= 0.6 is 0 Å². The highest BCUT2D eigenvalue weighted by atomic mass is 16.5. The summed E-state index contributed by atoms with van der Waals surface area (Å²) >= 11 is 0. The molecule has 0 saturated heterocycles. The lowest BCUT2D eigenvalue weighted by Gasteiger charge is -2.11. The van der Waals surface area contributed by atoms with E-state index in [1.807, 2.05) is 56.3 Å². The lowest BCUT2D eigenvalue weighted by Crippen LogP contribution is -2.05. The maximum Gasteiger partial charge on any atom is 0.167 e. The van der Waals surface area contributed by atoms with Crippen molar-refractivity contribution < 1.29 is 9.53 Å². The third-order valence-corrected chi connectivity index (χ3v) is 4.33. The molecule has 3 heteroatoms. The molecule has 0 radical (unpaired) electrons. The number of carbonyl (C=O) groups is 1. The fourth-order valence-corrected chi connectivity index (χ4v) is 3.29. The van der Waals surface area contributed by atoms with Gasteiger partial charge in [0.1, 0.15) is 5.75 Å². The zero-order valence-electron chi connectivity index (χ0n) is 13.9. The highest BCUT2D eigenvalue weighted by molar-refractivity contribution is 6.29. The van der Waals surface area contributed by atoms with Crippen LogP contribution in [0.15, 0.2) is 53.5 Å². The van der Waals surface area contributed by atoms with Gasteiger partial charge in [0, 0.05) is 24.1 Å². The topological polar surface area (TPSA) is 38.7 Å². The second-order valence-electron chi connectivity index (χ2n) is 6.55. The van der Waals surface area contributed by atoms with E-state index < -0.39 is 0 Å². The average Bonchev–Trinajstić information content (AvgIpc) is 3.08. The maximum atomic E-state index is 12.5. The fraction of sp³-hybridized carbons (Fsp3) is 0.238. The van der Waals surface area contributed by atoms with Crippen LogP contribution in [0, 0.1) is 0 Å². The van der Waals surface area contributed by atoms with E-state index in [0.717, 1.165) is 40.3 Å². The van der Waals surface area contributed by atoms with Crippen LogP contribution in [0.4, 0.5) is 5.69 Å². The molecular formula is C21H19NO2. The first kappa shape index (κ1) is 14.9. The van der Waals surface area contributed by atoms with Crippen molar-refractivity contribution in [3.05, 3.63) is 65.2 Å². The lowest BCUT2D eigenvalue weighted by molar-refractivity contribution is -0.112. The summed E-state index contributed by atoms with van der Waals surface area (Å²) in [7, 11) is 0. The van der Waals surface area contributed by atoms with Gasteiger partial charge in [-0.2, -0.15) is 0 Å². The molecule has 0 aromatic heterocycles. The van der Waals surface area contributed by atoms with E-state index in [1.165, 1.54) is 5.56 Å². The molecule has 3 nitrogen and oxygen atoms in total. The number of carbonyl (C=O) groups excluding carboxylic acids is 1. The van der Waals surface area contributed by atoms with Gasteiger partial charge in [0.15, 0.2) is 5.78 Å². The van der Waals surface area contributed by atoms with Crippen LogP contribution in [0.5, 0.6) is 5.75 Å². The lowest BCUT2D eigenvalue weighted by atomic mass is 10.0. The van der Waals surface area contributed by atoms with Crippen molar-refractivity contribution in [2.45, 2.75) is 32.8 Å². The Morgan fingerprint density at radius 3 is 2.71 bits per heavy atom. The SMILES string of the molecule is CC(C)Oc1ccc2c(c1)/C(=C/C1=Nc3ccccc3C1)C(=O)C2. The molecule has 0 bridgehead atoms. The monoisotopic (exact) mass is 317 g/mol. The van der Waals surface area contributed by atoms with E-state index in [0.29, 0.717) is 6.42 Å². The largest absolute Gasteiger partial charge is 0.491 e. The number of fused-ring (bicyclic) bond motifs is 2. The van der Waals surface area contributed by atoms with Gasteiger partial charge in [0.05, 0.1) is 11.8 Å². The normalized spacial score (nSPS) is 17.2. The third-order valence-electron chi connectivity index (χ3n) is 4.33. The van der Waals surface area contributed by atoms with Gasteiger partial charge in [0.25, 0.3) is 0 Å². The predicted molar refractivity (Wildman–Crippen MR) is 96.1 cm³/mol. The number of rotatable bonds is 3. The van der Waals surface area contributed by atoms with Crippen molar-refractivity contribution in [2.75, 3.05) is 0 Å². The van der Waals surface area contributed by atoms with E-state index in [2.05, 4.69) is 11.1 Å². The van der Waals surface area contributed by atoms with Crippen LogP contribution in [-0.4, -0.2) is 17.6 Å². The zero-order valence-corrected chi connectivity index (χ0v) is 13.9. The first-order valence-electron chi connectivity index (χ1n) is 8.30. The Kier molecular flexibility index (Phi) is 3.57. The minimum Gasteiger partial charge on any atom is -0.491 e. The second kappa shape index (κ2) is 5.75. The van der Waals surface area contributed by atoms with E-state index in [1.54, 1.807) is 0 Å². The smallest absolute Gasteiger partial charge is 0.167 e. The van der Waals surface area contributed by atoms with E-state index >= 15 is 0 Å². The van der Waals surface area contributed by atoms with E-state index in [-0.39, 0.29) is 11.9 Å². The highest BCUT2D eigenvalue weighted by Crippen LogP contribution is 2.34. The molecule has 120 valence electrons. The second-order valence-corrected chi connectivity index (χ2v) is 6.55. The van der Waals surface area contributed by atoms with Crippen LogP contribution in [-0.2, 0) is 17.6 Å². The summed E-state index contributed by atoms with van der Waals surface area (Å²) in [5.41, 5.74) is 5.97. The number of Topliss-reactive ketones (excluding diaryl/α,β-unsaturated/α-hetero) is 1. The van der Waals surface area contributed by atoms with E-state index in [4.69, 9.17) is 4.74 Å². The molecule has 0 spiro atoms. The van der Waals surface area contributed by atoms with Crippen molar-refractivity contribution in [3.8, 4) is 5.75 Å². The summed E-state index contributed by atoms with van der Waals surface area (Å²) in [5, 5.41) is 0. The molecule has 24 heavy (non-hydrogen) atoms. The average molecular weight is 317 g/mol. The summed E-state index contributed by atoms with van der Waals surface area (Å²) in [4.78, 5) is 17.1. The Bertz CT molecular complexity index is 890. The van der Waals surface area contributed by atoms with Gasteiger partial charge in [-0.1, -0.05) is 24.3 Å². The summed E-state index contributed by atoms with van der Waals surface area (Å²) in [6, 6.07) is 14.0. The van der Waals surface area contributed by atoms with Crippen molar-refractivity contribution >= 4 is 22.8 Å². The van der Waals surface area contributed by atoms with Gasteiger partial charge in [0.2, 0.25) is 0 Å². The summed E-state index contributed by atoms with van der Waals surface area (Å²) in [5.74, 6) is 0.964. The number of ether oxygens (including phenoxy) is 1. The summed E-state index contributed by atoms with van der Waals surface area (Å²) < 4.78 is 5.77. The standard InChI is InChI=1S/C21H19NO2/c1-13(2)24-17-8-7-14-10-21(23)19(18(14)12-17)11-16-9-15-5-3-4-6-20(15)22-16/h3-8,11-13H,9-10H2,1-2H3/b19-11-. The van der Waals surface area contributed by atoms with Crippen LogP contribution in [0.2, 0.25) is 0 Å². The van der Waals surface area contributed by atoms with E-state index in [9.17, 15) is 4.79 Å². The maximum absolute atomic E-state index is 12.5. The van der Waals surface area contributed by atoms with Crippen LogP contribution in [0.3, 0.4) is 0 Å². The first-order chi connectivity index (χ1) is 11.6. The van der Waals surface area contributed by atoms with Crippen molar-refractivity contribution in [1.29, 1.82) is 0 Å². The van der Waals surface area contributed by atoms with Gasteiger partial charge in [-0.05, 0) is 54.8 Å². The molecule has 1 heterocycles. The molecule has 2 aromatic carbocycles. The highest BCUT2D eigenvalue weighted by Gasteiger charge is 2.26. The Balaban J connectivity index is 1.69. The molecule has 1 aliphatic carbocycles. The van der Waals surface area contributed by atoms with Crippen molar-refractivity contribution in [2.24, 2.45) is 4.99 Å². The fourth-order valence-electron chi connectivity index (χ4n) is 3.29. The molecule has 4 rings (SSSR count). The zero-order chi connectivity index (χ0) is 16.7. The third kappa shape index (κ3) is 2.67. The number of benzene rings is 2. The Labute approximate surface area is 141 Å². The molecule has 0 fully saturated rings. The molecule has 0 atom stereocenters. The van der Waals surface area contributed by atoms with Crippen molar-refractivity contribution in [3.63, 3.8) is 0 Å². The molecule has 0 saturated carbocycles. The van der Waals surface area contributed by atoms with Gasteiger partial charge >= 0.3 is 0 Å². The molecule has 2 aliphatic rings. The Morgan fingerprint density at radius 1 is 1.08 bits per heavy atom. The molecule has 1 aliphatic heterocycles. The quantitative estimate of drug-likeness (QED) is 0.791. The van der Waals surface area contributed by atoms with Crippen LogP contribution in [0.1, 0.15) is 30.5 Å². The molecular weight excluding hydrogens is 298 g/mol. The van der Waals surface area contributed by atoms with Gasteiger partial charge in [-0.25, -0.2) is 0 Å². The number of hydrogen-bond donors (Lipinski definition) is 0. The summed E-state index contributed by atoms with van der Waals surface area (Å²) in [6.07, 6.45) is 3.31. The minimum atomic E-state index is 0.112. The molecule has 0 unspecified atom stereocenters. The Hall–Kier alpha value is -2.68. The number of aliphatic imine (C=N–C) groups is 1. The molecule has 2 aromatic rings. The van der Waals surface area contributed by atoms with Gasteiger partial charge < -0.3 is 4.74 Å². The molecule has 0 amide bonds. The number of allylic oxidation sites excluding steroid dienone is 2. The number of ketones is 1. The number of para-hydroxylation sites is 1. The van der Waals surface area contributed by atoms with Gasteiger partial charge in [-0.15, -0.1) is 0 Å². The number of nitrogens with zero attached hydrogens (tertiary/aromatic N) is 1. The Morgan fingerprint density at radius 2 is 1.92 bits per heavy atom. The predicted octanol–water partition coefficient (Wildman–Crippen LogP) is 4.31. The van der Waals surface area contributed by atoms with Crippen molar-refractivity contribution in [1.82, 2.24) is 0 Å². The van der Waals surface area contributed by atoms with Crippen LogP contribution in [0.25, 0.3) is 5.57 Å². The van der Waals surface area contributed by atoms with Crippen LogP contribution < -0.4 is 4.74 Å². The van der Waals surface area contributed by atoms with Gasteiger partial charge in [-0.3, -0.25) is 9.79 Å². The minimum absolute atomic E-state index is 0.112. The summed E-state index contributed by atoms with van der Waals surface area (Å²) in [6.45, 7) is 4.00.